The van der Waals surface area contributed by atoms with Crippen molar-refractivity contribution in [1.82, 2.24) is 4.90 Å². The number of anilines is 1. The van der Waals surface area contributed by atoms with Gasteiger partial charge in [0.15, 0.2) is 0 Å². The van der Waals surface area contributed by atoms with Crippen molar-refractivity contribution in [3.63, 3.8) is 0 Å². The zero-order chi connectivity index (χ0) is 13.1. The quantitative estimate of drug-likeness (QED) is 0.817. The first-order valence-electron chi connectivity index (χ1n) is 6.41. The van der Waals surface area contributed by atoms with E-state index in [1.807, 2.05) is 24.0 Å². The number of nitrogens with zero attached hydrogens (tertiary/aromatic N) is 1. The van der Waals surface area contributed by atoms with Crippen LogP contribution in [0, 0.1) is 6.92 Å². The minimum Gasteiger partial charge on any atom is -0.322 e. The van der Waals surface area contributed by atoms with E-state index in [-0.39, 0.29) is 6.03 Å². The molecule has 4 heteroatoms. The molecule has 1 heterocycles. The summed E-state index contributed by atoms with van der Waals surface area (Å²) in [5, 5.41) is 3.59. The number of rotatable bonds is 1. The number of carbonyl (C=O) groups excluding carboxylic acids is 1. The van der Waals surface area contributed by atoms with Gasteiger partial charge in [-0.05, 0) is 50.8 Å². The number of amides is 2. The van der Waals surface area contributed by atoms with Crippen LogP contribution in [-0.4, -0.2) is 23.5 Å². The second-order valence-electron chi connectivity index (χ2n) is 4.93. The van der Waals surface area contributed by atoms with Gasteiger partial charge >= 0.3 is 6.03 Å². The maximum absolute atomic E-state index is 12.2. The summed E-state index contributed by atoms with van der Waals surface area (Å²) in [6.07, 6.45) is 3.38. The Bertz CT molecular complexity index is 447. The molecule has 1 fully saturated rings. The van der Waals surface area contributed by atoms with Gasteiger partial charge in [-0.15, -0.1) is 0 Å². The second kappa shape index (κ2) is 5.61. The summed E-state index contributed by atoms with van der Waals surface area (Å²) < 4.78 is 0. The predicted molar refractivity (Wildman–Crippen MR) is 75.2 cm³/mol. The highest BCUT2D eigenvalue weighted by atomic mass is 35.5. The number of hydrogen-bond acceptors (Lipinski definition) is 1. The van der Waals surface area contributed by atoms with Crippen molar-refractivity contribution in [1.29, 1.82) is 0 Å². The largest absolute Gasteiger partial charge is 0.322 e. The van der Waals surface area contributed by atoms with Crippen molar-refractivity contribution in [2.75, 3.05) is 11.9 Å². The highest BCUT2D eigenvalue weighted by Gasteiger charge is 2.23. The van der Waals surface area contributed by atoms with Crippen molar-refractivity contribution in [3.8, 4) is 0 Å². The first-order chi connectivity index (χ1) is 8.58. The standard InChI is InChI=1S/C14H19ClN2O/c1-10-6-7-12(15)9-13(10)16-14(18)17-8-4-3-5-11(17)2/h6-7,9,11H,3-5,8H2,1-2H3,(H,16,18)/t11-/m1/s1. The van der Waals surface area contributed by atoms with E-state index in [1.54, 1.807) is 6.07 Å². The van der Waals surface area contributed by atoms with Crippen LogP contribution in [0.3, 0.4) is 0 Å². The molecule has 1 aliphatic rings. The van der Waals surface area contributed by atoms with Gasteiger partial charge in [-0.25, -0.2) is 4.79 Å². The van der Waals surface area contributed by atoms with Gasteiger partial charge in [-0.1, -0.05) is 17.7 Å². The second-order valence-corrected chi connectivity index (χ2v) is 5.36. The number of carbonyl (C=O) groups is 1. The highest BCUT2D eigenvalue weighted by molar-refractivity contribution is 6.31. The van der Waals surface area contributed by atoms with Crippen LogP contribution in [0.15, 0.2) is 18.2 Å². The third kappa shape index (κ3) is 2.96. The summed E-state index contributed by atoms with van der Waals surface area (Å²) in [5.74, 6) is 0. The van der Waals surface area contributed by atoms with E-state index in [2.05, 4.69) is 12.2 Å². The summed E-state index contributed by atoms with van der Waals surface area (Å²) in [5.41, 5.74) is 1.82. The van der Waals surface area contributed by atoms with Crippen LogP contribution in [0.5, 0.6) is 0 Å². The van der Waals surface area contributed by atoms with Gasteiger partial charge in [0.2, 0.25) is 0 Å². The summed E-state index contributed by atoms with van der Waals surface area (Å²) >= 11 is 5.95. The maximum atomic E-state index is 12.2. The minimum atomic E-state index is -0.0208. The fourth-order valence-corrected chi connectivity index (χ4v) is 2.49. The van der Waals surface area contributed by atoms with Gasteiger partial charge in [-0.3, -0.25) is 0 Å². The normalized spacial score (nSPS) is 19.7. The van der Waals surface area contributed by atoms with Crippen molar-refractivity contribution in [2.24, 2.45) is 0 Å². The lowest BCUT2D eigenvalue weighted by Crippen LogP contribution is -2.44. The van der Waals surface area contributed by atoms with Crippen molar-refractivity contribution >= 4 is 23.3 Å². The number of piperidine rings is 1. The molecular weight excluding hydrogens is 248 g/mol. The number of hydrogen-bond donors (Lipinski definition) is 1. The molecule has 3 nitrogen and oxygen atoms in total. The number of nitrogens with one attached hydrogen (secondary N) is 1. The molecule has 0 aliphatic carbocycles. The molecule has 1 N–H and O–H groups in total. The van der Waals surface area contributed by atoms with Crippen LogP contribution in [0.1, 0.15) is 31.7 Å². The molecule has 2 amide bonds. The van der Waals surface area contributed by atoms with Gasteiger partial charge < -0.3 is 10.2 Å². The predicted octanol–water partition coefficient (Wildman–Crippen LogP) is 4.05. The Hall–Kier alpha value is -1.22. The Morgan fingerprint density at radius 2 is 2.22 bits per heavy atom. The van der Waals surface area contributed by atoms with Crippen LogP contribution >= 0.6 is 11.6 Å². The van der Waals surface area contributed by atoms with Crippen LogP contribution in [-0.2, 0) is 0 Å². The molecule has 0 unspecified atom stereocenters. The van der Waals surface area contributed by atoms with Crippen molar-refractivity contribution in [2.45, 2.75) is 39.2 Å². The smallest absolute Gasteiger partial charge is 0.322 e. The molecule has 2 rings (SSSR count). The SMILES string of the molecule is Cc1ccc(Cl)cc1NC(=O)N1CCCC[C@H]1C. The molecule has 0 bridgehead atoms. The number of halogens is 1. The number of aryl methyl sites for hydroxylation is 1. The lowest BCUT2D eigenvalue weighted by atomic mass is 10.0. The van der Waals surface area contributed by atoms with Crippen LogP contribution in [0.4, 0.5) is 10.5 Å². The van der Waals surface area contributed by atoms with E-state index in [4.69, 9.17) is 11.6 Å². The summed E-state index contributed by atoms with van der Waals surface area (Å²) in [6.45, 7) is 4.90. The van der Waals surface area contributed by atoms with Crippen LogP contribution in [0.2, 0.25) is 5.02 Å². The average Bonchev–Trinajstić information content (AvgIpc) is 2.34. The first-order valence-corrected chi connectivity index (χ1v) is 6.79. The third-order valence-electron chi connectivity index (χ3n) is 3.51. The van der Waals surface area contributed by atoms with Gasteiger partial charge in [0.25, 0.3) is 0 Å². The van der Waals surface area contributed by atoms with E-state index in [1.165, 1.54) is 6.42 Å². The molecule has 98 valence electrons. The Morgan fingerprint density at radius 1 is 1.44 bits per heavy atom. The molecule has 1 aliphatic heterocycles. The molecule has 0 aromatic heterocycles. The molecule has 1 atom stereocenters. The molecule has 1 saturated heterocycles. The molecule has 18 heavy (non-hydrogen) atoms. The summed E-state index contributed by atoms with van der Waals surface area (Å²) in [4.78, 5) is 14.1. The fraction of sp³-hybridized carbons (Fsp3) is 0.500. The number of likely N-dealkylation sites (tertiary alicyclic amines) is 1. The molecule has 1 aromatic carbocycles. The lowest BCUT2D eigenvalue weighted by molar-refractivity contribution is 0.170. The van der Waals surface area contributed by atoms with Gasteiger partial charge in [-0.2, -0.15) is 0 Å². The number of benzene rings is 1. The van der Waals surface area contributed by atoms with E-state index < -0.39 is 0 Å². The van der Waals surface area contributed by atoms with E-state index in [0.717, 1.165) is 30.6 Å². The van der Waals surface area contributed by atoms with Crippen LogP contribution in [0.25, 0.3) is 0 Å². The average molecular weight is 267 g/mol. The third-order valence-corrected chi connectivity index (χ3v) is 3.74. The van der Waals surface area contributed by atoms with E-state index in [0.29, 0.717) is 11.1 Å². The molecular formula is C14H19ClN2O. The Morgan fingerprint density at radius 3 is 2.94 bits per heavy atom. The maximum Gasteiger partial charge on any atom is 0.322 e. The highest BCUT2D eigenvalue weighted by Crippen LogP contribution is 2.22. The zero-order valence-electron chi connectivity index (χ0n) is 10.9. The lowest BCUT2D eigenvalue weighted by Gasteiger charge is -2.33. The number of urea groups is 1. The molecule has 0 saturated carbocycles. The van der Waals surface area contributed by atoms with E-state index >= 15 is 0 Å². The minimum absolute atomic E-state index is 0.0208. The Kier molecular flexibility index (Phi) is 4.12. The Labute approximate surface area is 113 Å². The van der Waals surface area contributed by atoms with Gasteiger partial charge in [0.05, 0.1) is 0 Å². The first kappa shape index (κ1) is 13.2. The Balaban J connectivity index is 2.08. The monoisotopic (exact) mass is 266 g/mol. The van der Waals surface area contributed by atoms with Crippen molar-refractivity contribution < 1.29 is 4.79 Å². The molecule has 0 spiro atoms. The van der Waals surface area contributed by atoms with Crippen molar-refractivity contribution in [3.05, 3.63) is 28.8 Å². The van der Waals surface area contributed by atoms with Gasteiger partial charge in [0, 0.05) is 23.3 Å². The molecule has 1 aromatic rings. The summed E-state index contributed by atoms with van der Waals surface area (Å²) in [7, 11) is 0. The fourth-order valence-electron chi connectivity index (χ4n) is 2.32. The topological polar surface area (TPSA) is 32.3 Å². The summed E-state index contributed by atoms with van der Waals surface area (Å²) in [6, 6.07) is 5.84. The van der Waals surface area contributed by atoms with E-state index in [9.17, 15) is 4.79 Å². The zero-order valence-corrected chi connectivity index (χ0v) is 11.6. The van der Waals surface area contributed by atoms with Gasteiger partial charge in [0.1, 0.15) is 0 Å². The van der Waals surface area contributed by atoms with Crippen LogP contribution < -0.4 is 5.32 Å². The molecule has 0 radical (unpaired) electrons.